The van der Waals surface area contributed by atoms with Gasteiger partial charge in [-0.2, -0.15) is 0 Å². The molecular weight excluding hydrogens is 226 g/mol. The first-order valence-electron chi connectivity index (χ1n) is 6.13. The Hall–Kier alpha value is -0.130. The quantitative estimate of drug-likeness (QED) is 0.583. The van der Waals surface area contributed by atoms with Crippen LogP contribution < -0.4 is 5.32 Å². The van der Waals surface area contributed by atoms with Crippen molar-refractivity contribution in [3.63, 3.8) is 0 Å². The van der Waals surface area contributed by atoms with Crippen LogP contribution in [0.15, 0.2) is 0 Å². The summed E-state index contributed by atoms with van der Waals surface area (Å²) in [6.07, 6.45) is 3.61. The van der Waals surface area contributed by atoms with E-state index in [1.807, 2.05) is 0 Å². The van der Waals surface area contributed by atoms with Gasteiger partial charge in [-0.1, -0.05) is 6.92 Å². The normalized spacial score (nSPS) is 16.6. The van der Waals surface area contributed by atoms with Crippen LogP contribution >= 0.6 is 0 Å². The smallest absolute Gasteiger partial charge is 0.151 e. The topological polar surface area (TPSA) is 55.4 Å². The van der Waals surface area contributed by atoms with E-state index in [4.69, 9.17) is 4.74 Å². The number of rotatable bonds is 10. The summed E-state index contributed by atoms with van der Waals surface area (Å²) in [4.78, 5) is 0. The standard InChI is InChI=1S/C11H23NO3S/c1-2-16(13,14)9-7-12-6-3-8-15-10-11-4-5-11/h11-12H,2-10H2,1H3. The Bertz CT molecular complexity index is 273. The Morgan fingerprint density at radius 3 is 2.69 bits per heavy atom. The van der Waals surface area contributed by atoms with E-state index in [1.165, 1.54) is 12.8 Å². The second-order valence-corrected chi connectivity index (χ2v) is 6.83. The van der Waals surface area contributed by atoms with Crippen LogP contribution in [0.1, 0.15) is 26.2 Å². The molecule has 96 valence electrons. The molecule has 0 spiro atoms. The molecule has 0 aliphatic heterocycles. The lowest BCUT2D eigenvalue weighted by atomic mass is 10.4. The third-order valence-corrected chi connectivity index (χ3v) is 4.43. The summed E-state index contributed by atoms with van der Waals surface area (Å²) >= 11 is 0. The Morgan fingerprint density at radius 2 is 2.06 bits per heavy atom. The lowest BCUT2D eigenvalue weighted by Gasteiger charge is -2.05. The average Bonchev–Trinajstić information content (AvgIpc) is 3.06. The van der Waals surface area contributed by atoms with E-state index in [0.717, 1.165) is 32.1 Å². The number of sulfone groups is 1. The highest BCUT2D eigenvalue weighted by Gasteiger charge is 2.20. The van der Waals surface area contributed by atoms with Gasteiger partial charge in [-0.15, -0.1) is 0 Å². The van der Waals surface area contributed by atoms with Crippen molar-refractivity contribution in [2.24, 2.45) is 5.92 Å². The molecule has 0 saturated heterocycles. The fourth-order valence-corrected chi connectivity index (χ4v) is 2.07. The third kappa shape index (κ3) is 7.19. The van der Waals surface area contributed by atoms with Crippen LogP contribution in [0.25, 0.3) is 0 Å². The van der Waals surface area contributed by atoms with E-state index < -0.39 is 9.84 Å². The van der Waals surface area contributed by atoms with Gasteiger partial charge < -0.3 is 10.1 Å². The third-order valence-electron chi connectivity index (χ3n) is 2.72. The van der Waals surface area contributed by atoms with E-state index in [-0.39, 0.29) is 11.5 Å². The van der Waals surface area contributed by atoms with Crippen LogP contribution in [-0.2, 0) is 14.6 Å². The molecule has 0 aromatic carbocycles. The summed E-state index contributed by atoms with van der Waals surface area (Å²) in [6, 6.07) is 0. The molecule has 0 aromatic rings. The van der Waals surface area contributed by atoms with Crippen molar-refractivity contribution in [3.8, 4) is 0 Å². The second-order valence-electron chi connectivity index (χ2n) is 4.36. The largest absolute Gasteiger partial charge is 0.381 e. The maximum absolute atomic E-state index is 11.2. The van der Waals surface area contributed by atoms with Crippen molar-refractivity contribution in [3.05, 3.63) is 0 Å². The molecule has 1 fully saturated rings. The van der Waals surface area contributed by atoms with Gasteiger partial charge in [0.05, 0.1) is 5.75 Å². The van der Waals surface area contributed by atoms with Gasteiger partial charge in [0.25, 0.3) is 0 Å². The zero-order valence-corrected chi connectivity index (χ0v) is 10.9. The maximum atomic E-state index is 11.2. The summed E-state index contributed by atoms with van der Waals surface area (Å²) in [5.74, 6) is 1.30. The van der Waals surface area contributed by atoms with Crippen molar-refractivity contribution in [1.29, 1.82) is 0 Å². The van der Waals surface area contributed by atoms with E-state index in [9.17, 15) is 8.42 Å². The molecule has 0 atom stereocenters. The summed E-state index contributed by atoms with van der Waals surface area (Å²) < 4.78 is 27.8. The zero-order chi connectivity index (χ0) is 11.9. The number of ether oxygens (including phenoxy) is 1. The van der Waals surface area contributed by atoms with Gasteiger partial charge in [0.15, 0.2) is 9.84 Å². The molecule has 1 rings (SSSR count). The predicted octanol–water partition coefficient (Wildman–Crippen LogP) is 0.827. The first-order valence-corrected chi connectivity index (χ1v) is 7.95. The van der Waals surface area contributed by atoms with Crippen molar-refractivity contribution in [2.75, 3.05) is 37.8 Å². The summed E-state index contributed by atoms with van der Waals surface area (Å²) in [6.45, 7) is 4.76. The number of hydrogen-bond donors (Lipinski definition) is 1. The minimum Gasteiger partial charge on any atom is -0.381 e. The molecule has 0 radical (unpaired) electrons. The minimum absolute atomic E-state index is 0.235. The van der Waals surface area contributed by atoms with Gasteiger partial charge in [-0.3, -0.25) is 0 Å². The van der Waals surface area contributed by atoms with E-state index >= 15 is 0 Å². The first kappa shape index (κ1) is 13.9. The Morgan fingerprint density at radius 1 is 1.31 bits per heavy atom. The minimum atomic E-state index is -2.81. The highest BCUT2D eigenvalue weighted by atomic mass is 32.2. The molecule has 4 nitrogen and oxygen atoms in total. The number of hydrogen-bond acceptors (Lipinski definition) is 4. The van der Waals surface area contributed by atoms with Gasteiger partial charge in [-0.25, -0.2) is 8.42 Å². The van der Waals surface area contributed by atoms with Crippen LogP contribution in [0.2, 0.25) is 0 Å². The SMILES string of the molecule is CCS(=O)(=O)CCNCCCOCC1CC1. The van der Waals surface area contributed by atoms with E-state index in [2.05, 4.69) is 5.32 Å². The maximum Gasteiger partial charge on any atom is 0.151 e. The van der Waals surface area contributed by atoms with Crippen LogP contribution in [0.4, 0.5) is 0 Å². The number of nitrogens with one attached hydrogen (secondary N) is 1. The molecule has 1 N–H and O–H groups in total. The molecular formula is C11H23NO3S. The molecule has 1 aliphatic rings. The summed E-state index contributed by atoms with van der Waals surface area (Å²) in [5.41, 5.74) is 0. The second kappa shape index (κ2) is 7.25. The van der Waals surface area contributed by atoms with Gasteiger partial charge in [-0.05, 0) is 31.7 Å². The molecule has 1 aliphatic carbocycles. The monoisotopic (exact) mass is 249 g/mol. The molecule has 1 saturated carbocycles. The van der Waals surface area contributed by atoms with Crippen molar-refractivity contribution < 1.29 is 13.2 Å². The Balaban J connectivity index is 1.80. The van der Waals surface area contributed by atoms with Gasteiger partial charge >= 0.3 is 0 Å². The van der Waals surface area contributed by atoms with Gasteiger partial charge in [0, 0.05) is 25.5 Å². The summed E-state index contributed by atoms with van der Waals surface area (Å²) in [7, 11) is -2.81. The highest BCUT2D eigenvalue weighted by Crippen LogP contribution is 2.28. The summed E-state index contributed by atoms with van der Waals surface area (Å²) in [5, 5.41) is 3.12. The van der Waals surface area contributed by atoms with E-state index in [0.29, 0.717) is 6.54 Å². The lowest BCUT2D eigenvalue weighted by Crippen LogP contribution is -2.25. The van der Waals surface area contributed by atoms with Crippen LogP contribution in [0, 0.1) is 5.92 Å². The molecule has 5 heteroatoms. The van der Waals surface area contributed by atoms with Crippen molar-refractivity contribution in [1.82, 2.24) is 5.32 Å². The molecule has 0 unspecified atom stereocenters. The average molecular weight is 249 g/mol. The lowest BCUT2D eigenvalue weighted by molar-refractivity contribution is 0.122. The fraction of sp³-hybridized carbons (Fsp3) is 1.00. The van der Waals surface area contributed by atoms with Crippen molar-refractivity contribution >= 4 is 9.84 Å². The van der Waals surface area contributed by atoms with Gasteiger partial charge in [0.1, 0.15) is 0 Å². The van der Waals surface area contributed by atoms with Crippen LogP contribution in [0.5, 0.6) is 0 Å². The fourth-order valence-electron chi connectivity index (χ4n) is 1.33. The first-order chi connectivity index (χ1) is 7.64. The van der Waals surface area contributed by atoms with Gasteiger partial charge in [0.2, 0.25) is 0 Å². The molecule has 0 amide bonds. The van der Waals surface area contributed by atoms with Crippen molar-refractivity contribution in [2.45, 2.75) is 26.2 Å². The Labute approximate surface area is 98.7 Å². The molecule has 16 heavy (non-hydrogen) atoms. The Kier molecular flexibility index (Phi) is 6.31. The molecule has 0 bridgehead atoms. The van der Waals surface area contributed by atoms with Crippen LogP contribution in [0.3, 0.4) is 0 Å². The zero-order valence-electron chi connectivity index (χ0n) is 10.1. The molecule has 0 aromatic heterocycles. The molecule has 0 heterocycles. The highest BCUT2D eigenvalue weighted by molar-refractivity contribution is 7.91. The predicted molar refractivity (Wildman–Crippen MR) is 65.4 cm³/mol. The van der Waals surface area contributed by atoms with Crippen LogP contribution in [-0.4, -0.2) is 46.2 Å². The van der Waals surface area contributed by atoms with E-state index in [1.54, 1.807) is 6.92 Å².